The molecule has 0 aliphatic heterocycles. The first-order chi connectivity index (χ1) is 12.0. The fraction of sp³-hybridized carbons (Fsp3) is 0.917. The summed E-state index contributed by atoms with van der Waals surface area (Å²) < 4.78 is 0. The van der Waals surface area contributed by atoms with E-state index in [1.807, 2.05) is 0 Å². The molecular formula is C24H40O. The highest BCUT2D eigenvalue weighted by atomic mass is 16.2. The van der Waals surface area contributed by atoms with E-state index in [4.69, 9.17) is 0 Å². The molecule has 4 aliphatic rings. The second kappa shape index (κ2) is 6.70. The molecule has 0 saturated heterocycles. The van der Waals surface area contributed by atoms with E-state index in [1.165, 1.54) is 57.8 Å². The van der Waals surface area contributed by atoms with E-state index in [-0.39, 0.29) is 0 Å². The van der Waals surface area contributed by atoms with Gasteiger partial charge < -0.3 is 5.11 Å². The maximum absolute atomic E-state index is 9.24. The number of hydrogen-bond donors (Lipinski definition) is 1. The van der Waals surface area contributed by atoms with E-state index in [2.05, 4.69) is 32.9 Å². The Morgan fingerprint density at radius 2 is 1.76 bits per heavy atom. The van der Waals surface area contributed by atoms with E-state index in [0.717, 1.165) is 41.9 Å². The van der Waals surface area contributed by atoms with Crippen molar-refractivity contribution in [1.82, 2.24) is 0 Å². The van der Waals surface area contributed by atoms with Crippen LogP contribution in [0.15, 0.2) is 12.2 Å². The predicted octanol–water partition coefficient (Wildman–Crippen LogP) is 6.22. The number of hydrogen-bond acceptors (Lipinski definition) is 1. The third kappa shape index (κ3) is 2.75. The Morgan fingerprint density at radius 3 is 2.56 bits per heavy atom. The largest absolute Gasteiger partial charge is 0.396 e. The lowest BCUT2D eigenvalue weighted by Gasteiger charge is -2.58. The molecule has 1 N–H and O–H groups in total. The average Bonchev–Trinajstić information content (AvgIpc) is 2.96. The number of fused-ring (bicyclic) bond motifs is 5. The molecule has 0 radical (unpaired) electrons. The van der Waals surface area contributed by atoms with Crippen molar-refractivity contribution in [2.24, 2.45) is 46.3 Å². The molecule has 4 aliphatic carbocycles. The lowest BCUT2D eigenvalue weighted by atomic mass is 9.46. The molecule has 0 amide bonds. The van der Waals surface area contributed by atoms with Gasteiger partial charge >= 0.3 is 0 Å². The third-order valence-corrected chi connectivity index (χ3v) is 9.65. The Bertz CT molecular complexity index is 510. The predicted molar refractivity (Wildman–Crippen MR) is 105 cm³/mol. The molecule has 8 atom stereocenters. The summed E-state index contributed by atoms with van der Waals surface area (Å²) in [4.78, 5) is 0. The zero-order valence-corrected chi connectivity index (χ0v) is 16.8. The minimum Gasteiger partial charge on any atom is -0.396 e. The Labute approximate surface area is 155 Å². The van der Waals surface area contributed by atoms with Crippen LogP contribution in [-0.4, -0.2) is 11.7 Å². The van der Waals surface area contributed by atoms with E-state index >= 15 is 0 Å². The van der Waals surface area contributed by atoms with E-state index in [0.29, 0.717) is 17.4 Å². The van der Waals surface area contributed by atoms with Crippen molar-refractivity contribution in [3.63, 3.8) is 0 Å². The van der Waals surface area contributed by atoms with Gasteiger partial charge in [-0.2, -0.15) is 0 Å². The number of aliphatic hydroxyl groups excluding tert-OH is 1. The van der Waals surface area contributed by atoms with Gasteiger partial charge in [-0.25, -0.2) is 0 Å². The minimum absolute atomic E-state index is 0.365. The van der Waals surface area contributed by atoms with Gasteiger partial charge in [0.2, 0.25) is 0 Å². The SMILES string of the molecule is C[C@@H](CCCO)[C@@H]1CC[C@H]2[C@H]3C=C[C@H]4CCCC[C@]4(C)[C@@H]3CC[C@@]21C. The van der Waals surface area contributed by atoms with Gasteiger partial charge in [0.05, 0.1) is 0 Å². The Kier molecular flexibility index (Phi) is 4.84. The molecule has 0 bridgehead atoms. The van der Waals surface area contributed by atoms with Crippen LogP contribution >= 0.6 is 0 Å². The summed E-state index contributed by atoms with van der Waals surface area (Å²) >= 11 is 0. The zero-order chi connectivity index (χ0) is 17.7. The molecule has 25 heavy (non-hydrogen) atoms. The van der Waals surface area contributed by atoms with Gasteiger partial charge in [-0.3, -0.25) is 0 Å². The summed E-state index contributed by atoms with van der Waals surface area (Å²) in [7, 11) is 0. The Balaban J connectivity index is 1.57. The molecule has 0 aromatic heterocycles. The smallest absolute Gasteiger partial charge is 0.0431 e. The summed E-state index contributed by atoms with van der Waals surface area (Å²) in [5.41, 5.74) is 1.15. The first-order valence-electron chi connectivity index (χ1n) is 11.3. The second-order valence-corrected chi connectivity index (χ2v) is 10.6. The molecule has 0 heterocycles. The molecule has 142 valence electrons. The molecule has 0 aromatic carbocycles. The summed E-state index contributed by atoms with van der Waals surface area (Å²) in [6, 6.07) is 0. The van der Waals surface area contributed by atoms with Crippen molar-refractivity contribution in [2.45, 2.75) is 85.0 Å². The highest BCUT2D eigenvalue weighted by molar-refractivity contribution is 5.17. The van der Waals surface area contributed by atoms with Gasteiger partial charge in [-0.05, 0) is 97.7 Å². The third-order valence-electron chi connectivity index (χ3n) is 9.65. The molecule has 1 heteroatoms. The lowest BCUT2D eigenvalue weighted by Crippen LogP contribution is -2.51. The van der Waals surface area contributed by atoms with E-state index in [9.17, 15) is 5.11 Å². The highest BCUT2D eigenvalue weighted by Gasteiger charge is 2.58. The quantitative estimate of drug-likeness (QED) is 0.600. The molecule has 1 nitrogen and oxygen atoms in total. The van der Waals surface area contributed by atoms with Crippen LogP contribution in [0.2, 0.25) is 0 Å². The highest BCUT2D eigenvalue weighted by Crippen LogP contribution is 2.66. The van der Waals surface area contributed by atoms with Gasteiger partial charge in [0.15, 0.2) is 0 Å². The first kappa shape index (κ1) is 18.1. The van der Waals surface area contributed by atoms with Crippen molar-refractivity contribution >= 4 is 0 Å². The van der Waals surface area contributed by atoms with Crippen molar-refractivity contribution in [3.05, 3.63) is 12.2 Å². The van der Waals surface area contributed by atoms with E-state index < -0.39 is 0 Å². The number of aliphatic hydroxyl groups is 1. The van der Waals surface area contributed by atoms with Crippen LogP contribution in [0, 0.1) is 46.3 Å². The first-order valence-corrected chi connectivity index (χ1v) is 11.3. The fourth-order valence-corrected chi connectivity index (χ4v) is 8.25. The van der Waals surface area contributed by atoms with Crippen molar-refractivity contribution in [1.29, 1.82) is 0 Å². The molecular weight excluding hydrogens is 304 g/mol. The van der Waals surface area contributed by atoms with Crippen LogP contribution in [-0.2, 0) is 0 Å². The fourth-order valence-electron chi connectivity index (χ4n) is 8.25. The van der Waals surface area contributed by atoms with Gasteiger partial charge in [-0.1, -0.05) is 45.8 Å². The van der Waals surface area contributed by atoms with Crippen molar-refractivity contribution in [3.8, 4) is 0 Å². The van der Waals surface area contributed by atoms with Crippen LogP contribution in [0.4, 0.5) is 0 Å². The number of rotatable bonds is 4. The number of allylic oxidation sites excluding steroid dienone is 2. The minimum atomic E-state index is 0.365. The molecule has 0 aromatic rings. The molecule has 4 rings (SSSR count). The maximum Gasteiger partial charge on any atom is 0.0431 e. The van der Waals surface area contributed by atoms with Crippen LogP contribution in [0.5, 0.6) is 0 Å². The van der Waals surface area contributed by atoms with Crippen LogP contribution in [0.1, 0.15) is 85.0 Å². The summed E-state index contributed by atoms with van der Waals surface area (Å²) in [6.07, 6.45) is 19.2. The summed E-state index contributed by atoms with van der Waals surface area (Å²) in [6.45, 7) is 8.13. The van der Waals surface area contributed by atoms with Gasteiger partial charge in [0.25, 0.3) is 0 Å². The molecule has 0 unspecified atom stereocenters. The second-order valence-electron chi connectivity index (χ2n) is 10.6. The normalized spacial score (nSPS) is 50.0. The Morgan fingerprint density at radius 1 is 0.960 bits per heavy atom. The molecule has 3 fully saturated rings. The van der Waals surface area contributed by atoms with Crippen LogP contribution in [0.3, 0.4) is 0 Å². The van der Waals surface area contributed by atoms with E-state index in [1.54, 1.807) is 0 Å². The topological polar surface area (TPSA) is 20.2 Å². The van der Waals surface area contributed by atoms with Crippen LogP contribution < -0.4 is 0 Å². The van der Waals surface area contributed by atoms with Gasteiger partial charge in [-0.15, -0.1) is 0 Å². The molecule has 0 spiro atoms. The zero-order valence-electron chi connectivity index (χ0n) is 16.8. The standard InChI is InChI=1S/C24H40O/c1-17(7-6-16-25)20-11-12-21-19-10-9-18-8-4-5-14-23(18,2)22(19)13-15-24(20,21)3/h9-10,17-22,25H,4-8,11-16H2,1-3H3/t17-,18+,19+,20-,21-,22+,23-,24+/m0/s1. The van der Waals surface area contributed by atoms with Gasteiger partial charge in [0, 0.05) is 6.61 Å². The lowest BCUT2D eigenvalue weighted by molar-refractivity contribution is -0.0645. The maximum atomic E-state index is 9.24. The summed E-state index contributed by atoms with van der Waals surface area (Å²) in [5, 5.41) is 9.24. The molecule has 3 saturated carbocycles. The summed E-state index contributed by atoms with van der Waals surface area (Å²) in [5.74, 6) is 5.26. The van der Waals surface area contributed by atoms with Crippen molar-refractivity contribution < 1.29 is 5.11 Å². The van der Waals surface area contributed by atoms with Crippen LogP contribution in [0.25, 0.3) is 0 Å². The average molecular weight is 345 g/mol. The van der Waals surface area contributed by atoms with Crippen molar-refractivity contribution in [2.75, 3.05) is 6.61 Å². The monoisotopic (exact) mass is 344 g/mol. The van der Waals surface area contributed by atoms with Gasteiger partial charge in [0.1, 0.15) is 0 Å². The Hall–Kier alpha value is -0.300.